The quantitative estimate of drug-likeness (QED) is 0.648. The van der Waals surface area contributed by atoms with E-state index >= 15 is 0 Å². The molecule has 0 aromatic heterocycles. The zero-order valence-electron chi connectivity index (χ0n) is 11.3. The number of halogens is 1. The lowest BCUT2D eigenvalue weighted by Crippen LogP contribution is -2.11. The van der Waals surface area contributed by atoms with Crippen molar-refractivity contribution in [3.05, 3.63) is 32.3 Å². The third-order valence-electron chi connectivity index (χ3n) is 3.65. The molecule has 1 aliphatic carbocycles. The lowest BCUT2D eigenvalue weighted by molar-refractivity contribution is -0.386. The molecule has 1 atom stereocenters. The predicted octanol–water partition coefficient (Wildman–Crippen LogP) is 3.98. The van der Waals surface area contributed by atoms with Gasteiger partial charge in [-0.15, -0.1) is 0 Å². The maximum Gasteiger partial charge on any atom is 0.312 e. The highest BCUT2D eigenvalue weighted by Crippen LogP contribution is 2.38. The predicted molar refractivity (Wildman–Crippen MR) is 78.9 cm³/mol. The molecule has 1 aromatic carbocycles. The molecule has 0 heterocycles. The van der Waals surface area contributed by atoms with Gasteiger partial charge in [-0.2, -0.15) is 0 Å². The lowest BCUT2D eigenvalue weighted by Gasteiger charge is -2.16. The minimum atomic E-state index is -0.815. The second-order valence-corrected chi connectivity index (χ2v) is 6.15. The Balaban J connectivity index is 2.29. The van der Waals surface area contributed by atoms with Crippen LogP contribution in [0.4, 0.5) is 5.69 Å². The smallest absolute Gasteiger partial charge is 0.312 e. The van der Waals surface area contributed by atoms with Crippen molar-refractivity contribution >= 4 is 21.6 Å². The van der Waals surface area contributed by atoms with Gasteiger partial charge in [-0.05, 0) is 31.7 Å². The van der Waals surface area contributed by atoms with Gasteiger partial charge in [0.1, 0.15) is 0 Å². The number of aliphatic hydroxyl groups excluding tert-OH is 1. The van der Waals surface area contributed by atoms with E-state index in [1.165, 1.54) is 18.9 Å². The summed E-state index contributed by atoms with van der Waals surface area (Å²) in [6.07, 6.45) is 3.78. The first-order chi connectivity index (χ1) is 9.49. The average molecular weight is 344 g/mol. The topological polar surface area (TPSA) is 72.6 Å². The SMILES string of the molecule is CC(O)c1cc(Br)cc([N+](=O)[O-])c1OCC1CCCC1. The van der Waals surface area contributed by atoms with Crippen LogP contribution in [0.2, 0.25) is 0 Å². The molecule has 0 spiro atoms. The fraction of sp³-hybridized carbons (Fsp3) is 0.571. The van der Waals surface area contributed by atoms with Crippen molar-refractivity contribution in [3.63, 3.8) is 0 Å². The summed E-state index contributed by atoms with van der Waals surface area (Å²) in [4.78, 5) is 10.7. The van der Waals surface area contributed by atoms with Gasteiger partial charge in [-0.1, -0.05) is 28.8 Å². The number of hydrogen-bond donors (Lipinski definition) is 1. The Kier molecular flexibility index (Phi) is 4.99. The first-order valence-corrected chi connectivity index (χ1v) is 7.57. The Morgan fingerprint density at radius 3 is 2.70 bits per heavy atom. The van der Waals surface area contributed by atoms with Gasteiger partial charge in [-0.25, -0.2) is 0 Å². The molecule has 1 fully saturated rings. The first kappa shape index (κ1) is 15.3. The molecule has 0 saturated heterocycles. The van der Waals surface area contributed by atoms with Crippen LogP contribution in [0.15, 0.2) is 16.6 Å². The molecule has 110 valence electrons. The van der Waals surface area contributed by atoms with E-state index in [9.17, 15) is 15.2 Å². The van der Waals surface area contributed by atoms with Crippen LogP contribution in [0.5, 0.6) is 5.75 Å². The van der Waals surface area contributed by atoms with E-state index < -0.39 is 11.0 Å². The van der Waals surface area contributed by atoms with Crippen molar-refractivity contribution in [2.75, 3.05) is 6.61 Å². The molecule has 0 bridgehead atoms. The van der Waals surface area contributed by atoms with Crippen molar-refractivity contribution in [2.24, 2.45) is 5.92 Å². The van der Waals surface area contributed by atoms with E-state index in [-0.39, 0.29) is 11.4 Å². The number of rotatable bonds is 5. The monoisotopic (exact) mass is 343 g/mol. The van der Waals surface area contributed by atoms with Crippen LogP contribution in [-0.2, 0) is 0 Å². The second-order valence-electron chi connectivity index (χ2n) is 5.24. The van der Waals surface area contributed by atoms with Crippen LogP contribution >= 0.6 is 15.9 Å². The van der Waals surface area contributed by atoms with E-state index in [0.717, 1.165) is 12.8 Å². The highest BCUT2D eigenvalue weighted by atomic mass is 79.9. The molecule has 1 aliphatic rings. The molecular weight excluding hydrogens is 326 g/mol. The number of nitrogens with zero attached hydrogens (tertiary/aromatic N) is 1. The summed E-state index contributed by atoms with van der Waals surface area (Å²) < 4.78 is 6.27. The summed E-state index contributed by atoms with van der Waals surface area (Å²) in [7, 11) is 0. The van der Waals surface area contributed by atoms with Crippen LogP contribution in [0.3, 0.4) is 0 Å². The number of hydrogen-bond acceptors (Lipinski definition) is 4. The number of nitro groups is 1. The second kappa shape index (κ2) is 6.54. The van der Waals surface area contributed by atoms with E-state index in [2.05, 4.69) is 15.9 Å². The minimum absolute atomic E-state index is 0.103. The largest absolute Gasteiger partial charge is 0.486 e. The third-order valence-corrected chi connectivity index (χ3v) is 4.11. The standard InChI is InChI=1S/C14H18BrNO4/c1-9(17)12-6-11(15)7-13(16(18)19)14(12)20-8-10-4-2-3-5-10/h6-7,9-10,17H,2-5,8H2,1H3. The van der Waals surface area contributed by atoms with E-state index in [0.29, 0.717) is 22.6 Å². The Labute approximate surface area is 126 Å². The lowest BCUT2D eigenvalue weighted by atomic mass is 10.1. The Bertz CT molecular complexity index is 498. The highest BCUT2D eigenvalue weighted by Gasteiger charge is 2.25. The molecule has 0 aliphatic heterocycles. The summed E-state index contributed by atoms with van der Waals surface area (Å²) in [6.45, 7) is 2.05. The van der Waals surface area contributed by atoms with Gasteiger partial charge in [0.15, 0.2) is 0 Å². The molecule has 1 aromatic rings. The van der Waals surface area contributed by atoms with Crippen LogP contribution in [0, 0.1) is 16.0 Å². The number of benzene rings is 1. The molecule has 1 unspecified atom stereocenters. The van der Waals surface area contributed by atoms with Gasteiger partial charge >= 0.3 is 5.69 Å². The third kappa shape index (κ3) is 3.49. The Morgan fingerprint density at radius 1 is 1.50 bits per heavy atom. The summed E-state index contributed by atoms with van der Waals surface area (Å²) in [5.74, 6) is 0.653. The van der Waals surface area contributed by atoms with Crippen LogP contribution in [-0.4, -0.2) is 16.6 Å². The van der Waals surface area contributed by atoms with Crippen molar-refractivity contribution < 1.29 is 14.8 Å². The van der Waals surface area contributed by atoms with E-state index in [4.69, 9.17) is 4.74 Å². The molecule has 1 N–H and O–H groups in total. The average Bonchev–Trinajstić information content (AvgIpc) is 2.89. The normalized spacial score (nSPS) is 17.1. The summed E-state index contributed by atoms with van der Waals surface area (Å²) in [5.41, 5.74) is 0.345. The fourth-order valence-corrected chi connectivity index (χ4v) is 3.04. The molecule has 2 rings (SSSR count). The van der Waals surface area contributed by atoms with Crippen molar-refractivity contribution in [2.45, 2.75) is 38.7 Å². The van der Waals surface area contributed by atoms with Gasteiger partial charge in [0.05, 0.1) is 17.6 Å². The minimum Gasteiger partial charge on any atom is -0.486 e. The number of aliphatic hydroxyl groups is 1. The fourth-order valence-electron chi connectivity index (χ4n) is 2.58. The van der Waals surface area contributed by atoms with Gasteiger partial charge in [0.2, 0.25) is 5.75 Å². The van der Waals surface area contributed by atoms with Crippen LogP contribution < -0.4 is 4.74 Å². The van der Waals surface area contributed by atoms with Gasteiger partial charge in [-0.3, -0.25) is 10.1 Å². The first-order valence-electron chi connectivity index (χ1n) is 6.77. The molecule has 5 nitrogen and oxygen atoms in total. The zero-order valence-corrected chi connectivity index (χ0v) is 12.9. The molecule has 20 heavy (non-hydrogen) atoms. The van der Waals surface area contributed by atoms with Crippen molar-refractivity contribution in [1.29, 1.82) is 0 Å². The molecule has 0 radical (unpaired) electrons. The molecule has 6 heteroatoms. The summed E-state index contributed by atoms with van der Waals surface area (Å²) in [5, 5.41) is 21.0. The van der Waals surface area contributed by atoms with Crippen molar-refractivity contribution in [3.8, 4) is 5.75 Å². The van der Waals surface area contributed by atoms with Gasteiger partial charge in [0, 0.05) is 16.1 Å². The molecule has 0 amide bonds. The van der Waals surface area contributed by atoms with Crippen LogP contribution in [0.1, 0.15) is 44.3 Å². The summed E-state index contributed by atoms with van der Waals surface area (Å²) >= 11 is 3.23. The van der Waals surface area contributed by atoms with Gasteiger partial charge in [0.25, 0.3) is 0 Å². The van der Waals surface area contributed by atoms with E-state index in [1.54, 1.807) is 13.0 Å². The molecule has 1 saturated carbocycles. The van der Waals surface area contributed by atoms with Crippen molar-refractivity contribution in [1.82, 2.24) is 0 Å². The number of nitro benzene ring substituents is 1. The van der Waals surface area contributed by atoms with E-state index in [1.807, 2.05) is 0 Å². The number of ether oxygens (including phenoxy) is 1. The summed E-state index contributed by atoms with van der Waals surface area (Å²) in [6, 6.07) is 3.08. The Hall–Kier alpha value is -1.14. The Morgan fingerprint density at radius 2 is 2.15 bits per heavy atom. The van der Waals surface area contributed by atoms with Crippen LogP contribution in [0.25, 0.3) is 0 Å². The maximum atomic E-state index is 11.2. The maximum absolute atomic E-state index is 11.2. The zero-order chi connectivity index (χ0) is 14.7. The molecular formula is C14H18BrNO4. The highest BCUT2D eigenvalue weighted by molar-refractivity contribution is 9.10. The van der Waals surface area contributed by atoms with Gasteiger partial charge < -0.3 is 9.84 Å².